The molecule has 0 aliphatic heterocycles. The van der Waals surface area contributed by atoms with Crippen LogP contribution in [0.2, 0.25) is 0 Å². The minimum absolute atomic E-state index is 0.464. The smallest absolute Gasteiger partial charge is 0.135 e. The minimum atomic E-state index is -0.502. The number of fused-ring (bicyclic) bond motifs is 5. The van der Waals surface area contributed by atoms with Gasteiger partial charge in [0.25, 0.3) is 0 Å². The van der Waals surface area contributed by atoms with E-state index in [0.717, 1.165) is 39.0 Å². The summed E-state index contributed by atoms with van der Waals surface area (Å²) in [6, 6.07) is 83.9. The van der Waals surface area contributed by atoms with E-state index < -0.39 is 10.8 Å². The first kappa shape index (κ1) is 34.8. The molecule has 0 saturated heterocycles. The van der Waals surface area contributed by atoms with Crippen LogP contribution in [0.15, 0.2) is 235 Å². The summed E-state index contributed by atoms with van der Waals surface area (Å²) in [6.45, 7) is 2.44. The average molecular weight is 756 g/mol. The predicted octanol–water partition coefficient (Wildman–Crippen LogP) is 14.8. The molecule has 0 amide bonds. The molecule has 1 heterocycles. The van der Waals surface area contributed by atoms with Crippen molar-refractivity contribution in [2.24, 2.45) is 0 Å². The summed E-state index contributed by atoms with van der Waals surface area (Å²) in [5.74, 6) is 0. The third kappa shape index (κ3) is 5.34. The second-order valence-electron chi connectivity index (χ2n) is 15.7. The van der Waals surface area contributed by atoms with E-state index in [1.165, 1.54) is 50.1 Å². The molecule has 0 spiro atoms. The molecule has 280 valence electrons. The number of para-hydroxylation sites is 2. The van der Waals surface area contributed by atoms with E-state index in [9.17, 15) is 0 Å². The summed E-state index contributed by atoms with van der Waals surface area (Å²) in [6.07, 6.45) is 0. The largest absolute Gasteiger partial charge is 0.456 e. The lowest BCUT2D eigenvalue weighted by Crippen LogP contribution is -2.43. The van der Waals surface area contributed by atoms with Gasteiger partial charge in [-0.3, -0.25) is 0 Å². The van der Waals surface area contributed by atoms with Gasteiger partial charge in [-0.05, 0) is 106 Å². The van der Waals surface area contributed by atoms with Crippen LogP contribution in [0.5, 0.6) is 0 Å². The molecule has 0 radical (unpaired) electrons. The van der Waals surface area contributed by atoms with Crippen LogP contribution in [0.4, 0.5) is 17.1 Å². The molecule has 0 saturated carbocycles. The van der Waals surface area contributed by atoms with Crippen LogP contribution in [-0.2, 0) is 10.8 Å². The minimum Gasteiger partial charge on any atom is -0.456 e. The maximum atomic E-state index is 6.21. The van der Waals surface area contributed by atoms with Crippen LogP contribution in [0, 0.1) is 0 Å². The number of hydrogen-bond acceptors (Lipinski definition) is 2. The van der Waals surface area contributed by atoms with Crippen LogP contribution in [0.25, 0.3) is 33.1 Å². The molecular formula is C57H41NO. The van der Waals surface area contributed by atoms with Crippen LogP contribution in [0.1, 0.15) is 45.9 Å². The number of hydrogen-bond donors (Lipinski definition) is 0. The fourth-order valence-electron chi connectivity index (χ4n) is 10.1. The van der Waals surface area contributed by atoms with Crippen LogP contribution in [-0.4, -0.2) is 0 Å². The van der Waals surface area contributed by atoms with E-state index in [1.807, 2.05) is 12.1 Å². The van der Waals surface area contributed by atoms with E-state index in [2.05, 4.69) is 230 Å². The Balaban J connectivity index is 1.08. The van der Waals surface area contributed by atoms with Gasteiger partial charge in [0.05, 0.1) is 5.41 Å². The number of benzene rings is 9. The Morgan fingerprint density at radius 1 is 0.356 bits per heavy atom. The highest BCUT2D eigenvalue weighted by atomic mass is 16.3. The van der Waals surface area contributed by atoms with Gasteiger partial charge in [-0.2, -0.15) is 0 Å². The average Bonchev–Trinajstić information content (AvgIpc) is 3.69. The van der Waals surface area contributed by atoms with Gasteiger partial charge in [0.2, 0.25) is 0 Å². The molecule has 11 rings (SSSR count). The first-order valence-corrected chi connectivity index (χ1v) is 20.4. The molecule has 0 bridgehead atoms. The first-order valence-electron chi connectivity index (χ1n) is 20.4. The van der Waals surface area contributed by atoms with Crippen molar-refractivity contribution in [1.29, 1.82) is 0 Å². The SMILES string of the molecule is CC1(c2ccccc2-c2ccc(N(c3ccccc3)c3ccc4oc5ccccc5c4c3)cc2)c2ccccc2C(c2ccccc2)(c2ccccc2)c2ccccc21. The number of nitrogens with zero attached hydrogens (tertiary/aromatic N) is 1. The molecule has 1 aliphatic carbocycles. The van der Waals surface area contributed by atoms with E-state index >= 15 is 0 Å². The molecule has 0 atom stereocenters. The highest BCUT2D eigenvalue weighted by Gasteiger charge is 2.51. The number of rotatable bonds is 7. The Kier molecular flexibility index (Phi) is 8.20. The summed E-state index contributed by atoms with van der Waals surface area (Å²) in [5, 5.41) is 2.22. The number of furan rings is 1. The van der Waals surface area contributed by atoms with Crippen molar-refractivity contribution >= 4 is 39.0 Å². The van der Waals surface area contributed by atoms with E-state index in [0.29, 0.717) is 0 Å². The summed E-state index contributed by atoms with van der Waals surface area (Å²) < 4.78 is 6.21. The molecule has 0 unspecified atom stereocenters. The van der Waals surface area contributed by atoms with Crippen molar-refractivity contribution in [2.75, 3.05) is 4.90 Å². The Morgan fingerprint density at radius 2 is 0.814 bits per heavy atom. The lowest BCUT2D eigenvalue weighted by atomic mass is 9.52. The van der Waals surface area contributed by atoms with E-state index in [1.54, 1.807) is 0 Å². The lowest BCUT2D eigenvalue weighted by molar-refractivity contribution is 0.590. The fraction of sp³-hybridized carbons (Fsp3) is 0.0526. The monoisotopic (exact) mass is 755 g/mol. The van der Waals surface area contributed by atoms with E-state index in [-0.39, 0.29) is 0 Å². The molecule has 0 N–H and O–H groups in total. The molecule has 59 heavy (non-hydrogen) atoms. The second kappa shape index (κ2) is 13.9. The zero-order valence-electron chi connectivity index (χ0n) is 32.8. The van der Waals surface area contributed by atoms with Gasteiger partial charge in [0, 0.05) is 33.2 Å². The van der Waals surface area contributed by atoms with Gasteiger partial charge in [0.1, 0.15) is 11.2 Å². The van der Waals surface area contributed by atoms with Gasteiger partial charge in [-0.1, -0.05) is 182 Å². The third-order valence-corrected chi connectivity index (χ3v) is 12.7. The zero-order valence-corrected chi connectivity index (χ0v) is 32.8. The van der Waals surface area contributed by atoms with Gasteiger partial charge < -0.3 is 9.32 Å². The molecule has 10 aromatic rings. The van der Waals surface area contributed by atoms with Crippen molar-refractivity contribution in [1.82, 2.24) is 0 Å². The molecule has 1 aliphatic rings. The maximum absolute atomic E-state index is 6.21. The standard InChI is InChI=1S/C57H41NO/c1-56(50-28-14-16-30-52(50)57(41-19-5-2-6-20-41,42-21-7-3-8-22-42)53-31-17-15-29-51(53)56)49-27-13-11-25-46(49)40-33-35-44(36-34-40)58(43-23-9-4-10-24-43)45-37-38-55-48(39-45)47-26-12-18-32-54(47)59-55/h2-39H,1H3. The molecule has 9 aromatic carbocycles. The molecule has 2 heteroatoms. The summed E-state index contributed by atoms with van der Waals surface area (Å²) in [4.78, 5) is 2.33. The van der Waals surface area contributed by atoms with Gasteiger partial charge >= 0.3 is 0 Å². The molecular weight excluding hydrogens is 715 g/mol. The van der Waals surface area contributed by atoms with Gasteiger partial charge in [0.15, 0.2) is 0 Å². The van der Waals surface area contributed by atoms with Crippen LogP contribution < -0.4 is 4.90 Å². The fourth-order valence-corrected chi connectivity index (χ4v) is 10.1. The Morgan fingerprint density at radius 3 is 1.44 bits per heavy atom. The third-order valence-electron chi connectivity index (χ3n) is 12.7. The quantitative estimate of drug-likeness (QED) is 0.161. The summed E-state index contributed by atoms with van der Waals surface area (Å²) in [7, 11) is 0. The van der Waals surface area contributed by atoms with Gasteiger partial charge in [-0.15, -0.1) is 0 Å². The molecule has 0 fully saturated rings. The summed E-state index contributed by atoms with van der Waals surface area (Å²) >= 11 is 0. The maximum Gasteiger partial charge on any atom is 0.135 e. The Hall–Kier alpha value is -7.42. The summed E-state index contributed by atoms with van der Waals surface area (Å²) in [5.41, 5.74) is 15.5. The highest BCUT2D eigenvalue weighted by Crippen LogP contribution is 2.58. The Labute approximate surface area is 345 Å². The van der Waals surface area contributed by atoms with Crippen LogP contribution in [0.3, 0.4) is 0 Å². The zero-order chi connectivity index (χ0) is 39.4. The van der Waals surface area contributed by atoms with Crippen molar-refractivity contribution in [3.05, 3.63) is 269 Å². The predicted molar refractivity (Wildman–Crippen MR) is 244 cm³/mol. The number of anilines is 3. The normalized spacial score (nSPS) is 13.8. The molecule has 1 aromatic heterocycles. The van der Waals surface area contributed by atoms with Crippen molar-refractivity contribution in [2.45, 2.75) is 17.8 Å². The first-order chi connectivity index (χ1) is 29.2. The van der Waals surface area contributed by atoms with Crippen molar-refractivity contribution in [3.8, 4) is 11.1 Å². The van der Waals surface area contributed by atoms with Crippen molar-refractivity contribution < 1.29 is 4.42 Å². The second-order valence-corrected chi connectivity index (χ2v) is 15.7. The topological polar surface area (TPSA) is 16.4 Å². The van der Waals surface area contributed by atoms with Crippen LogP contribution >= 0.6 is 0 Å². The molecule has 2 nitrogen and oxygen atoms in total. The van der Waals surface area contributed by atoms with E-state index in [4.69, 9.17) is 4.42 Å². The Bertz CT molecular complexity index is 3020. The highest BCUT2D eigenvalue weighted by molar-refractivity contribution is 6.06. The van der Waals surface area contributed by atoms with Gasteiger partial charge in [-0.25, -0.2) is 0 Å². The van der Waals surface area contributed by atoms with Crippen molar-refractivity contribution in [3.63, 3.8) is 0 Å². The lowest BCUT2D eigenvalue weighted by Gasteiger charge is -2.49.